The van der Waals surface area contributed by atoms with Gasteiger partial charge in [-0.15, -0.1) is 10.2 Å². The molecule has 31 heavy (non-hydrogen) atoms. The number of benzene rings is 2. The fourth-order valence-electron chi connectivity index (χ4n) is 2.89. The van der Waals surface area contributed by atoms with E-state index in [0.29, 0.717) is 28.0 Å². The van der Waals surface area contributed by atoms with E-state index in [1.54, 1.807) is 43.0 Å². The van der Waals surface area contributed by atoms with Crippen LogP contribution >= 0.6 is 11.8 Å². The molecule has 0 aliphatic rings. The number of thioether (sulfide) groups is 1. The molecule has 0 unspecified atom stereocenters. The molecule has 0 atom stereocenters. The van der Waals surface area contributed by atoms with Crippen LogP contribution in [0.5, 0.6) is 11.5 Å². The third-order valence-corrected chi connectivity index (χ3v) is 5.31. The minimum Gasteiger partial charge on any atom is -0.493 e. The van der Waals surface area contributed by atoms with Crippen LogP contribution in [0.1, 0.15) is 0 Å². The largest absolute Gasteiger partial charge is 0.493 e. The van der Waals surface area contributed by atoms with Crippen LogP contribution in [0, 0.1) is 5.82 Å². The van der Waals surface area contributed by atoms with Gasteiger partial charge in [0, 0.05) is 5.56 Å². The predicted molar refractivity (Wildman–Crippen MR) is 115 cm³/mol. The van der Waals surface area contributed by atoms with Crippen LogP contribution in [-0.4, -0.2) is 45.7 Å². The number of anilines is 1. The Hall–Kier alpha value is -3.66. The molecule has 1 N–H and O–H groups in total. The number of nitrogens with zero attached hydrogens (tertiary/aromatic N) is 4. The van der Waals surface area contributed by atoms with Crippen LogP contribution in [0.25, 0.3) is 16.9 Å². The van der Waals surface area contributed by atoms with Gasteiger partial charge in [0.1, 0.15) is 5.82 Å². The number of amides is 1. The number of nitrogens with one attached hydrogen (secondary N) is 1. The topological polar surface area (TPSA) is 90.6 Å². The van der Waals surface area contributed by atoms with Gasteiger partial charge in [0.25, 0.3) is 0 Å². The number of rotatable bonds is 7. The second kappa shape index (κ2) is 9.00. The van der Waals surface area contributed by atoms with E-state index >= 15 is 0 Å². The molecule has 4 rings (SSSR count). The van der Waals surface area contributed by atoms with E-state index in [1.165, 1.54) is 12.1 Å². The van der Waals surface area contributed by atoms with Crippen molar-refractivity contribution in [2.45, 2.75) is 5.16 Å². The molecule has 1 amide bonds. The number of methoxy groups -OCH3 is 2. The number of aromatic nitrogens is 4. The smallest absolute Gasteiger partial charge is 0.234 e. The van der Waals surface area contributed by atoms with Crippen LogP contribution in [0.4, 0.5) is 10.1 Å². The van der Waals surface area contributed by atoms with Crippen molar-refractivity contribution in [3.63, 3.8) is 0 Å². The molecule has 0 bridgehead atoms. The minimum absolute atomic E-state index is 0.0252. The van der Waals surface area contributed by atoms with Crippen molar-refractivity contribution in [1.29, 1.82) is 0 Å². The van der Waals surface area contributed by atoms with E-state index in [0.717, 1.165) is 17.3 Å². The van der Waals surface area contributed by atoms with Crippen molar-refractivity contribution < 1.29 is 18.7 Å². The maximum Gasteiger partial charge on any atom is 0.234 e. The van der Waals surface area contributed by atoms with Crippen molar-refractivity contribution in [2.24, 2.45) is 0 Å². The Balaban J connectivity index is 1.53. The van der Waals surface area contributed by atoms with Crippen molar-refractivity contribution in [3.05, 3.63) is 60.4 Å². The Kier molecular flexibility index (Phi) is 5.99. The monoisotopic (exact) mass is 439 g/mol. The summed E-state index contributed by atoms with van der Waals surface area (Å²) in [5.41, 5.74) is 2.17. The van der Waals surface area contributed by atoms with E-state index in [1.807, 2.05) is 18.2 Å². The number of para-hydroxylation sites is 1. The van der Waals surface area contributed by atoms with Gasteiger partial charge in [0.15, 0.2) is 17.1 Å². The van der Waals surface area contributed by atoms with E-state index in [4.69, 9.17) is 9.47 Å². The first-order chi connectivity index (χ1) is 15.1. The second-order valence-electron chi connectivity index (χ2n) is 6.36. The molecule has 2 heterocycles. The zero-order valence-corrected chi connectivity index (χ0v) is 17.5. The first-order valence-electron chi connectivity index (χ1n) is 9.21. The summed E-state index contributed by atoms with van der Waals surface area (Å²) >= 11 is 1.16. The highest BCUT2D eigenvalue weighted by Gasteiger charge is 2.14. The van der Waals surface area contributed by atoms with E-state index in [9.17, 15) is 9.18 Å². The summed E-state index contributed by atoms with van der Waals surface area (Å²) in [5, 5.41) is 15.8. The van der Waals surface area contributed by atoms with E-state index in [-0.39, 0.29) is 17.3 Å². The molecule has 0 fully saturated rings. The van der Waals surface area contributed by atoms with Gasteiger partial charge in [0.05, 0.1) is 31.4 Å². The molecule has 8 nitrogen and oxygen atoms in total. The van der Waals surface area contributed by atoms with Gasteiger partial charge in [0.2, 0.25) is 11.1 Å². The summed E-state index contributed by atoms with van der Waals surface area (Å²) in [6.45, 7) is 0. The Labute approximate surface area is 181 Å². The van der Waals surface area contributed by atoms with Crippen molar-refractivity contribution in [1.82, 2.24) is 19.8 Å². The molecular weight excluding hydrogens is 421 g/mol. The van der Waals surface area contributed by atoms with E-state index < -0.39 is 5.82 Å². The fraction of sp³-hybridized carbons (Fsp3) is 0.143. The number of carbonyl (C=O) groups excluding carboxylic acids is 1. The fourth-order valence-corrected chi connectivity index (χ4v) is 3.58. The lowest BCUT2D eigenvalue weighted by atomic mass is 10.1. The van der Waals surface area contributed by atoms with Gasteiger partial charge < -0.3 is 14.8 Å². The zero-order chi connectivity index (χ0) is 21.8. The highest BCUT2D eigenvalue weighted by molar-refractivity contribution is 7.99. The lowest BCUT2D eigenvalue weighted by Gasteiger charge is -2.09. The number of ether oxygens (including phenoxy) is 2. The molecule has 0 spiro atoms. The predicted octanol–water partition coefficient (Wildman–Crippen LogP) is 3.68. The van der Waals surface area contributed by atoms with Crippen LogP contribution in [0.15, 0.2) is 59.8 Å². The Morgan fingerprint density at radius 2 is 1.87 bits per heavy atom. The Morgan fingerprint density at radius 1 is 1.06 bits per heavy atom. The number of hydrogen-bond donors (Lipinski definition) is 1. The Bertz CT molecular complexity index is 1250. The first-order valence-corrected chi connectivity index (χ1v) is 10.2. The van der Waals surface area contributed by atoms with Crippen molar-refractivity contribution in [2.75, 3.05) is 25.3 Å². The summed E-state index contributed by atoms with van der Waals surface area (Å²) in [6.07, 6.45) is 0. The van der Waals surface area contributed by atoms with Gasteiger partial charge in [-0.25, -0.2) is 4.39 Å². The quantitative estimate of drug-likeness (QED) is 0.439. The van der Waals surface area contributed by atoms with Crippen LogP contribution in [0.3, 0.4) is 0 Å². The normalized spacial score (nSPS) is 10.8. The van der Waals surface area contributed by atoms with Crippen LogP contribution in [0.2, 0.25) is 0 Å². The average molecular weight is 439 g/mol. The highest BCUT2D eigenvalue weighted by atomic mass is 32.2. The first kappa shape index (κ1) is 20.6. The summed E-state index contributed by atoms with van der Waals surface area (Å²) in [5.74, 6) is 0.383. The standard InChI is InChI=1S/C21H18FN5O3S/c1-29-17-9-7-13(11-18(17)30-2)15-8-10-19-24-25-21(27(19)26-15)31-12-20(28)23-16-6-4-3-5-14(16)22/h3-11H,12H2,1-2H3,(H,23,28). The lowest BCUT2D eigenvalue weighted by Crippen LogP contribution is -2.15. The molecule has 0 aliphatic heterocycles. The zero-order valence-electron chi connectivity index (χ0n) is 16.7. The van der Waals surface area contributed by atoms with Gasteiger partial charge in [-0.2, -0.15) is 9.61 Å². The molecule has 0 saturated heterocycles. The summed E-state index contributed by atoms with van der Waals surface area (Å²) in [4.78, 5) is 12.2. The Morgan fingerprint density at radius 3 is 2.65 bits per heavy atom. The number of carbonyl (C=O) groups is 1. The highest BCUT2D eigenvalue weighted by Crippen LogP contribution is 2.31. The lowest BCUT2D eigenvalue weighted by molar-refractivity contribution is -0.113. The molecule has 0 radical (unpaired) electrons. The van der Waals surface area contributed by atoms with Gasteiger partial charge in [-0.3, -0.25) is 4.79 Å². The number of hydrogen-bond acceptors (Lipinski definition) is 7. The number of fused-ring (bicyclic) bond motifs is 1. The molecule has 2 aromatic heterocycles. The summed E-state index contributed by atoms with van der Waals surface area (Å²) < 4.78 is 25.9. The van der Waals surface area contributed by atoms with E-state index in [2.05, 4.69) is 20.6 Å². The maximum absolute atomic E-state index is 13.7. The summed E-state index contributed by atoms with van der Waals surface area (Å²) in [6, 6.07) is 15.1. The van der Waals surface area contributed by atoms with Crippen LogP contribution < -0.4 is 14.8 Å². The number of halogens is 1. The molecular formula is C21H18FN5O3S. The van der Waals surface area contributed by atoms with Gasteiger partial charge >= 0.3 is 0 Å². The molecule has 10 heteroatoms. The third kappa shape index (κ3) is 4.43. The summed E-state index contributed by atoms with van der Waals surface area (Å²) in [7, 11) is 3.14. The second-order valence-corrected chi connectivity index (χ2v) is 7.30. The van der Waals surface area contributed by atoms with Gasteiger partial charge in [-0.05, 0) is 42.5 Å². The van der Waals surface area contributed by atoms with Crippen LogP contribution in [-0.2, 0) is 4.79 Å². The molecule has 2 aromatic carbocycles. The molecule has 158 valence electrons. The van der Waals surface area contributed by atoms with Crippen molar-refractivity contribution in [3.8, 4) is 22.8 Å². The average Bonchev–Trinajstić information content (AvgIpc) is 3.21. The molecule has 0 saturated carbocycles. The molecule has 0 aliphatic carbocycles. The van der Waals surface area contributed by atoms with Crippen molar-refractivity contribution >= 4 is 29.0 Å². The maximum atomic E-state index is 13.7. The molecule has 4 aromatic rings. The minimum atomic E-state index is -0.491. The third-order valence-electron chi connectivity index (χ3n) is 4.39. The SMILES string of the molecule is COc1ccc(-c2ccc3nnc(SCC(=O)Nc4ccccc4F)n3n2)cc1OC. The van der Waals surface area contributed by atoms with Gasteiger partial charge in [-0.1, -0.05) is 23.9 Å².